The van der Waals surface area contributed by atoms with Crippen molar-refractivity contribution in [3.63, 3.8) is 0 Å². The molecule has 1 aromatic rings. The standard InChI is InChI=1S/C15H23NO3S/c1-11(2)14(8-9-17)16-15(18)10-20-13-6-4-12(19-3)5-7-13/h4-7,11,14,17H,8-10H2,1-3H3,(H,16,18). The van der Waals surface area contributed by atoms with E-state index < -0.39 is 0 Å². The van der Waals surface area contributed by atoms with Crippen LogP contribution in [0.25, 0.3) is 0 Å². The van der Waals surface area contributed by atoms with E-state index in [1.807, 2.05) is 38.1 Å². The van der Waals surface area contributed by atoms with Gasteiger partial charge in [-0.05, 0) is 36.6 Å². The molecular formula is C15H23NO3S. The normalized spacial score (nSPS) is 12.2. The maximum atomic E-state index is 11.9. The Morgan fingerprint density at radius 3 is 2.50 bits per heavy atom. The van der Waals surface area contributed by atoms with Gasteiger partial charge in [-0.1, -0.05) is 13.8 Å². The molecule has 0 heterocycles. The van der Waals surface area contributed by atoms with E-state index >= 15 is 0 Å². The van der Waals surface area contributed by atoms with Crippen LogP contribution in [0.2, 0.25) is 0 Å². The van der Waals surface area contributed by atoms with Crippen molar-refractivity contribution in [1.29, 1.82) is 0 Å². The molecule has 5 heteroatoms. The summed E-state index contributed by atoms with van der Waals surface area (Å²) in [7, 11) is 1.63. The molecule has 1 atom stereocenters. The molecule has 0 bridgehead atoms. The first kappa shape index (κ1) is 16.9. The Hall–Kier alpha value is -1.20. The highest BCUT2D eigenvalue weighted by molar-refractivity contribution is 8.00. The number of thioether (sulfide) groups is 1. The minimum Gasteiger partial charge on any atom is -0.497 e. The number of hydrogen-bond acceptors (Lipinski definition) is 4. The topological polar surface area (TPSA) is 58.6 Å². The number of ether oxygens (including phenoxy) is 1. The summed E-state index contributed by atoms with van der Waals surface area (Å²) in [5.74, 6) is 1.50. The van der Waals surface area contributed by atoms with Gasteiger partial charge in [0.2, 0.25) is 5.91 Å². The largest absolute Gasteiger partial charge is 0.497 e. The zero-order chi connectivity index (χ0) is 15.0. The Kier molecular flexibility index (Phi) is 7.47. The summed E-state index contributed by atoms with van der Waals surface area (Å²) in [4.78, 5) is 12.9. The maximum absolute atomic E-state index is 11.9. The van der Waals surface area contributed by atoms with E-state index in [0.717, 1.165) is 10.6 Å². The van der Waals surface area contributed by atoms with E-state index in [-0.39, 0.29) is 18.6 Å². The monoisotopic (exact) mass is 297 g/mol. The number of nitrogens with one attached hydrogen (secondary N) is 1. The van der Waals surface area contributed by atoms with E-state index in [4.69, 9.17) is 9.84 Å². The Balaban J connectivity index is 2.41. The van der Waals surface area contributed by atoms with Crippen molar-refractivity contribution in [2.45, 2.75) is 31.2 Å². The van der Waals surface area contributed by atoms with Crippen molar-refractivity contribution >= 4 is 17.7 Å². The lowest BCUT2D eigenvalue weighted by Crippen LogP contribution is -2.40. The maximum Gasteiger partial charge on any atom is 0.230 e. The van der Waals surface area contributed by atoms with Gasteiger partial charge in [-0.2, -0.15) is 0 Å². The molecule has 2 N–H and O–H groups in total. The molecule has 0 aliphatic rings. The highest BCUT2D eigenvalue weighted by Crippen LogP contribution is 2.21. The van der Waals surface area contributed by atoms with E-state index in [1.165, 1.54) is 11.8 Å². The minimum absolute atomic E-state index is 0.00188. The number of benzene rings is 1. The third-order valence-electron chi connectivity index (χ3n) is 3.02. The fourth-order valence-electron chi connectivity index (χ4n) is 1.78. The van der Waals surface area contributed by atoms with Gasteiger partial charge in [0.25, 0.3) is 0 Å². The van der Waals surface area contributed by atoms with Crippen LogP contribution < -0.4 is 10.1 Å². The van der Waals surface area contributed by atoms with Gasteiger partial charge in [0, 0.05) is 17.5 Å². The summed E-state index contributed by atoms with van der Waals surface area (Å²) in [6.45, 7) is 4.17. The number of rotatable bonds is 8. The van der Waals surface area contributed by atoms with Gasteiger partial charge in [0.1, 0.15) is 5.75 Å². The Morgan fingerprint density at radius 2 is 2.00 bits per heavy atom. The Labute approximate surface area is 124 Å². The summed E-state index contributed by atoms with van der Waals surface area (Å²) in [5.41, 5.74) is 0. The molecule has 0 spiro atoms. The lowest BCUT2D eigenvalue weighted by Gasteiger charge is -2.21. The number of carbonyl (C=O) groups excluding carboxylic acids is 1. The number of hydrogen-bond donors (Lipinski definition) is 2. The molecule has 1 amide bonds. The van der Waals surface area contributed by atoms with Gasteiger partial charge in [0.05, 0.1) is 12.9 Å². The first-order valence-electron chi connectivity index (χ1n) is 6.74. The van der Waals surface area contributed by atoms with Crippen LogP contribution in [-0.2, 0) is 4.79 Å². The van der Waals surface area contributed by atoms with E-state index in [1.54, 1.807) is 7.11 Å². The van der Waals surface area contributed by atoms with Crippen molar-refractivity contribution in [3.05, 3.63) is 24.3 Å². The van der Waals surface area contributed by atoms with Crippen molar-refractivity contribution < 1.29 is 14.6 Å². The molecule has 0 fully saturated rings. The molecule has 1 unspecified atom stereocenters. The van der Waals surface area contributed by atoms with Gasteiger partial charge in [0.15, 0.2) is 0 Å². The summed E-state index contributed by atoms with van der Waals surface area (Å²) in [6.07, 6.45) is 0.594. The number of methoxy groups -OCH3 is 1. The van der Waals surface area contributed by atoms with Gasteiger partial charge >= 0.3 is 0 Å². The molecule has 1 aromatic carbocycles. The van der Waals surface area contributed by atoms with Crippen molar-refractivity contribution in [2.75, 3.05) is 19.5 Å². The van der Waals surface area contributed by atoms with Gasteiger partial charge < -0.3 is 15.2 Å². The predicted octanol–water partition coefficient (Wildman–Crippen LogP) is 2.31. The minimum atomic E-state index is -0.00188. The van der Waals surface area contributed by atoms with Crippen molar-refractivity contribution in [1.82, 2.24) is 5.32 Å². The fraction of sp³-hybridized carbons (Fsp3) is 0.533. The molecule has 4 nitrogen and oxygen atoms in total. The third kappa shape index (κ3) is 5.84. The number of aliphatic hydroxyl groups excluding tert-OH is 1. The number of aliphatic hydroxyl groups is 1. The van der Waals surface area contributed by atoms with Crippen LogP contribution in [0.5, 0.6) is 5.75 Å². The predicted molar refractivity (Wildman–Crippen MR) is 82.2 cm³/mol. The molecule has 0 saturated carbocycles. The summed E-state index contributed by atoms with van der Waals surface area (Å²) < 4.78 is 5.09. The summed E-state index contributed by atoms with van der Waals surface area (Å²) in [6, 6.07) is 7.66. The fourth-order valence-corrected chi connectivity index (χ4v) is 2.49. The SMILES string of the molecule is COc1ccc(SCC(=O)NC(CCO)C(C)C)cc1. The molecule has 0 aliphatic heterocycles. The average molecular weight is 297 g/mol. The van der Waals surface area contributed by atoms with E-state index in [0.29, 0.717) is 18.1 Å². The van der Waals surface area contributed by atoms with Crippen LogP contribution in [-0.4, -0.2) is 36.5 Å². The van der Waals surface area contributed by atoms with Crippen LogP contribution in [0, 0.1) is 5.92 Å². The molecule has 0 radical (unpaired) electrons. The molecule has 1 rings (SSSR count). The van der Waals surface area contributed by atoms with Crippen LogP contribution in [0.3, 0.4) is 0 Å². The second kappa shape index (κ2) is 8.87. The van der Waals surface area contributed by atoms with Gasteiger partial charge in [-0.25, -0.2) is 0 Å². The third-order valence-corrected chi connectivity index (χ3v) is 4.03. The average Bonchev–Trinajstić information content (AvgIpc) is 2.45. The lowest BCUT2D eigenvalue weighted by molar-refractivity contribution is -0.119. The second-order valence-corrected chi connectivity index (χ2v) is 5.94. The zero-order valence-corrected chi connectivity index (χ0v) is 13.1. The Morgan fingerprint density at radius 1 is 1.35 bits per heavy atom. The Bertz CT molecular complexity index is 406. The van der Waals surface area contributed by atoms with Crippen LogP contribution in [0.4, 0.5) is 0 Å². The smallest absolute Gasteiger partial charge is 0.230 e. The summed E-state index contributed by atoms with van der Waals surface area (Å²) >= 11 is 1.49. The first-order valence-corrected chi connectivity index (χ1v) is 7.72. The van der Waals surface area contributed by atoms with E-state index in [2.05, 4.69) is 5.32 Å². The molecule has 0 aromatic heterocycles. The summed E-state index contributed by atoms with van der Waals surface area (Å²) in [5, 5.41) is 12.0. The van der Waals surface area contributed by atoms with Gasteiger partial charge in [-0.15, -0.1) is 11.8 Å². The highest BCUT2D eigenvalue weighted by Gasteiger charge is 2.15. The van der Waals surface area contributed by atoms with Crippen molar-refractivity contribution in [2.24, 2.45) is 5.92 Å². The van der Waals surface area contributed by atoms with Crippen molar-refractivity contribution in [3.8, 4) is 5.75 Å². The van der Waals surface area contributed by atoms with E-state index in [9.17, 15) is 4.79 Å². The molecule has 0 saturated heterocycles. The molecule has 20 heavy (non-hydrogen) atoms. The molecule has 112 valence electrons. The van der Waals surface area contributed by atoms with Crippen LogP contribution in [0.15, 0.2) is 29.2 Å². The molecule has 0 aliphatic carbocycles. The second-order valence-electron chi connectivity index (χ2n) is 4.89. The van der Waals surface area contributed by atoms with Crippen LogP contribution >= 0.6 is 11.8 Å². The lowest BCUT2D eigenvalue weighted by atomic mass is 10.0. The quantitative estimate of drug-likeness (QED) is 0.723. The zero-order valence-electron chi connectivity index (χ0n) is 12.3. The first-order chi connectivity index (χ1) is 9.56. The number of carbonyl (C=O) groups is 1. The molecular weight excluding hydrogens is 274 g/mol. The van der Waals surface area contributed by atoms with Gasteiger partial charge in [-0.3, -0.25) is 4.79 Å². The number of amides is 1. The van der Waals surface area contributed by atoms with Crippen LogP contribution in [0.1, 0.15) is 20.3 Å². The highest BCUT2D eigenvalue weighted by atomic mass is 32.2.